The lowest BCUT2D eigenvalue weighted by molar-refractivity contribution is -0.207. The Morgan fingerprint density at radius 1 is 1.12 bits per heavy atom. The Balaban J connectivity index is 2.23. The maximum absolute atomic E-state index is 12.2. The van der Waals surface area contributed by atoms with Gasteiger partial charge < -0.3 is 5.11 Å². The second kappa shape index (κ2) is 6.20. The van der Waals surface area contributed by atoms with Gasteiger partial charge in [-0.2, -0.15) is 0 Å². The lowest BCUT2D eigenvalue weighted by Gasteiger charge is -2.22. The summed E-state index contributed by atoms with van der Waals surface area (Å²) in [5.41, 5.74) is 1.04. The molecular weight excluding hydrogens is 274 g/mol. The van der Waals surface area contributed by atoms with Crippen molar-refractivity contribution in [3.63, 3.8) is 0 Å². The average Bonchev–Trinajstić information content (AvgIpc) is 2.30. The van der Waals surface area contributed by atoms with Crippen molar-refractivity contribution in [2.45, 2.75) is 37.8 Å². The third-order valence-electron chi connectivity index (χ3n) is 3.05. The molecule has 0 aromatic heterocycles. The molecule has 1 fully saturated rings. The van der Waals surface area contributed by atoms with Crippen LogP contribution in [0.15, 0.2) is 18.2 Å². The van der Waals surface area contributed by atoms with Gasteiger partial charge in [0.1, 0.15) is 0 Å². The standard InChI is InChI=1S/C13H15Cl2OP/c14-10-7-4-8-11(15)12(10)13(16)17-9-5-2-1-3-6-9/h4,7-9,16H,1-3,5-6H2/p-1. The summed E-state index contributed by atoms with van der Waals surface area (Å²) in [6.45, 7) is 0. The Labute approximate surface area is 114 Å². The van der Waals surface area contributed by atoms with Crippen LogP contribution in [0.2, 0.25) is 10.0 Å². The Morgan fingerprint density at radius 2 is 1.71 bits per heavy atom. The van der Waals surface area contributed by atoms with E-state index in [9.17, 15) is 5.11 Å². The summed E-state index contributed by atoms with van der Waals surface area (Å²) in [4.78, 5) is 0. The normalized spacial score (nSPS) is 18.4. The fourth-order valence-electron chi connectivity index (χ4n) is 2.14. The van der Waals surface area contributed by atoms with Crippen molar-refractivity contribution < 1.29 is 5.11 Å². The Bertz CT molecular complexity index is 405. The van der Waals surface area contributed by atoms with Gasteiger partial charge in [0.25, 0.3) is 0 Å². The fraction of sp³-hybridized carbons (Fsp3) is 0.462. The van der Waals surface area contributed by atoms with Gasteiger partial charge in [-0.25, -0.2) is 0 Å². The molecule has 0 saturated heterocycles. The van der Waals surface area contributed by atoms with E-state index in [1.54, 1.807) is 18.2 Å². The van der Waals surface area contributed by atoms with E-state index < -0.39 is 0 Å². The molecule has 1 aromatic rings. The van der Waals surface area contributed by atoms with Gasteiger partial charge in [0.2, 0.25) is 0 Å². The first-order valence-corrected chi connectivity index (χ1v) is 7.59. The summed E-state index contributed by atoms with van der Waals surface area (Å²) < 4.78 is 0. The predicted molar refractivity (Wildman–Crippen MR) is 74.4 cm³/mol. The van der Waals surface area contributed by atoms with Crippen LogP contribution in [0.1, 0.15) is 37.7 Å². The zero-order valence-electron chi connectivity index (χ0n) is 9.46. The lowest BCUT2D eigenvalue weighted by atomic mass is 10.0. The SMILES string of the molecule is [O-]C(=PC1CCCCC1)c1c(Cl)cccc1Cl. The Kier molecular flexibility index (Phi) is 4.87. The summed E-state index contributed by atoms with van der Waals surface area (Å²) >= 11 is 12.1. The van der Waals surface area contributed by atoms with Crippen molar-refractivity contribution in [1.82, 2.24) is 0 Å². The molecule has 0 bridgehead atoms. The molecule has 0 amide bonds. The van der Waals surface area contributed by atoms with E-state index in [1.165, 1.54) is 19.3 Å². The first-order valence-electron chi connectivity index (χ1n) is 5.87. The van der Waals surface area contributed by atoms with Crippen LogP contribution in [0, 0.1) is 0 Å². The van der Waals surface area contributed by atoms with E-state index in [2.05, 4.69) is 0 Å². The van der Waals surface area contributed by atoms with E-state index in [0.717, 1.165) is 21.0 Å². The summed E-state index contributed by atoms with van der Waals surface area (Å²) in [7, 11) is 0.856. The maximum Gasteiger partial charge on any atom is 0.0486 e. The minimum absolute atomic E-state index is 0.0625. The maximum atomic E-state index is 12.2. The third kappa shape index (κ3) is 3.45. The number of hydrogen-bond acceptors (Lipinski definition) is 1. The molecule has 0 N–H and O–H groups in total. The molecular formula is C13H14Cl2OP-. The zero-order valence-corrected chi connectivity index (χ0v) is 11.9. The summed E-state index contributed by atoms with van der Waals surface area (Å²) in [6.07, 6.45) is 6.07. The molecule has 92 valence electrons. The van der Waals surface area contributed by atoms with Crippen LogP contribution in [-0.2, 0) is 0 Å². The fourth-order valence-corrected chi connectivity index (χ4v) is 4.17. The van der Waals surface area contributed by atoms with Crippen LogP contribution in [0.3, 0.4) is 0 Å². The molecule has 1 aromatic carbocycles. The van der Waals surface area contributed by atoms with Crippen molar-refractivity contribution in [3.8, 4) is 0 Å². The lowest BCUT2D eigenvalue weighted by Crippen LogP contribution is -2.19. The monoisotopic (exact) mass is 287 g/mol. The molecule has 1 aliphatic carbocycles. The van der Waals surface area contributed by atoms with Gasteiger partial charge in [-0.05, 0) is 30.6 Å². The molecule has 0 atom stereocenters. The highest BCUT2D eigenvalue weighted by Gasteiger charge is 2.12. The first kappa shape index (κ1) is 13.4. The topological polar surface area (TPSA) is 23.1 Å². The molecule has 17 heavy (non-hydrogen) atoms. The van der Waals surface area contributed by atoms with Gasteiger partial charge in [0.05, 0.1) is 0 Å². The molecule has 0 spiro atoms. The number of rotatable bonds is 2. The zero-order chi connectivity index (χ0) is 12.3. The third-order valence-corrected chi connectivity index (χ3v) is 5.02. The van der Waals surface area contributed by atoms with Gasteiger partial charge in [-0.15, -0.1) is 13.7 Å². The van der Waals surface area contributed by atoms with Crippen molar-refractivity contribution in [3.05, 3.63) is 33.8 Å². The van der Waals surface area contributed by atoms with E-state index in [1.807, 2.05) is 0 Å². The van der Waals surface area contributed by atoms with Crippen molar-refractivity contribution in [1.29, 1.82) is 0 Å². The highest BCUT2D eigenvalue weighted by Crippen LogP contribution is 2.31. The Morgan fingerprint density at radius 3 is 2.29 bits per heavy atom. The van der Waals surface area contributed by atoms with E-state index in [-0.39, 0.29) is 5.48 Å². The van der Waals surface area contributed by atoms with Crippen molar-refractivity contribution >= 4 is 36.9 Å². The Hall–Kier alpha value is -0.0700. The van der Waals surface area contributed by atoms with Crippen LogP contribution in [0.25, 0.3) is 0 Å². The smallest absolute Gasteiger partial charge is 0.0486 e. The average molecular weight is 288 g/mol. The van der Waals surface area contributed by atoms with Gasteiger partial charge in [0.15, 0.2) is 0 Å². The molecule has 1 aliphatic rings. The number of hydrogen-bond donors (Lipinski definition) is 0. The molecule has 0 unspecified atom stereocenters. The molecule has 1 nitrogen and oxygen atoms in total. The van der Waals surface area contributed by atoms with E-state index in [4.69, 9.17) is 23.2 Å². The molecule has 2 rings (SSSR count). The second-order valence-electron chi connectivity index (χ2n) is 4.32. The van der Waals surface area contributed by atoms with Gasteiger partial charge >= 0.3 is 0 Å². The van der Waals surface area contributed by atoms with Crippen LogP contribution in [0.5, 0.6) is 0 Å². The highest BCUT2D eigenvalue weighted by atomic mass is 35.5. The molecule has 1 saturated carbocycles. The van der Waals surface area contributed by atoms with Gasteiger partial charge in [0, 0.05) is 15.6 Å². The van der Waals surface area contributed by atoms with Crippen molar-refractivity contribution in [2.75, 3.05) is 0 Å². The number of benzene rings is 1. The van der Waals surface area contributed by atoms with Crippen LogP contribution < -0.4 is 5.11 Å². The highest BCUT2D eigenvalue weighted by molar-refractivity contribution is 7.41. The second-order valence-corrected chi connectivity index (χ2v) is 6.53. The summed E-state index contributed by atoms with van der Waals surface area (Å²) in [5.74, 6) is 0. The number of halogens is 2. The van der Waals surface area contributed by atoms with Gasteiger partial charge in [-0.1, -0.05) is 48.5 Å². The minimum atomic E-state index is 0.0625. The minimum Gasteiger partial charge on any atom is -0.823 e. The van der Waals surface area contributed by atoms with E-state index in [0.29, 0.717) is 21.3 Å². The molecule has 4 heteroatoms. The molecule has 0 heterocycles. The molecule has 0 radical (unpaired) electrons. The summed E-state index contributed by atoms with van der Waals surface area (Å²) in [6, 6.07) is 5.20. The van der Waals surface area contributed by atoms with Crippen LogP contribution in [0.4, 0.5) is 0 Å². The van der Waals surface area contributed by atoms with Crippen molar-refractivity contribution in [2.24, 2.45) is 0 Å². The van der Waals surface area contributed by atoms with Crippen LogP contribution in [-0.4, -0.2) is 11.1 Å². The first-order chi connectivity index (χ1) is 8.18. The quantitative estimate of drug-likeness (QED) is 0.751. The van der Waals surface area contributed by atoms with Gasteiger partial charge in [-0.3, -0.25) is 0 Å². The van der Waals surface area contributed by atoms with Crippen LogP contribution >= 0.6 is 31.4 Å². The summed E-state index contributed by atoms with van der Waals surface area (Å²) in [5, 5.41) is 13.1. The van der Waals surface area contributed by atoms with E-state index >= 15 is 0 Å². The predicted octanol–water partition coefficient (Wildman–Crippen LogP) is 4.11. The molecule has 0 aliphatic heterocycles. The largest absolute Gasteiger partial charge is 0.823 e.